The minimum absolute atomic E-state index is 0.0611. The number of hydrogen-bond acceptors (Lipinski definition) is 4. The van der Waals surface area contributed by atoms with Gasteiger partial charge in [-0.05, 0) is 25.2 Å². The minimum atomic E-state index is -0.938. The molecule has 1 aliphatic heterocycles. The van der Waals surface area contributed by atoms with Gasteiger partial charge in [-0.1, -0.05) is 20.8 Å². The topological polar surface area (TPSA) is 92.9 Å². The fourth-order valence-electron chi connectivity index (χ4n) is 2.33. The van der Waals surface area contributed by atoms with Crippen LogP contribution in [-0.2, 0) is 14.3 Å². The van der Waals surface area contributed by atoms with E-state index in [1.165, 1.54) is 0 Å². The zero-order valence-corrected chi connectivity index (χ0v) is 12.8. The van der Waals surface area contributed by atoms with E-state index in [9.17, 15) is 14.7 Å². The van der Waals surface area contributed by atoms with Crippen molar-refractivity contribution >= 4 is 11.9 Å². The second-order valence-corrected chi connectivity index (χ2v) is 6.53. The summed E-state index contributed by atoms with van der Waals surface area (Å²) in [5.41, 5.74) is 5.12. The average molecular weight is 286 g/mol. The van der Waals surface area contributed by atoms with E-state index in [0.717, 1.165) is 0 Å². The highest BCUT2D eigenvalue weighted by molar-refractivity contribution is 5.81. The number of ether oxygens (including phenoxy) is 1. The van der Waals surface area contributed by atoms with E-state index in [0.29, 0.717) is 25.9 Å². The molecular formula is C14H26N2O4. The molecule has 0 radical (unpaired) electrons. The monoisotopic (exact) mass is 286 g/mol. The van der Waals surface area contributed by atoms with Gasteiger partial charge in [-0.2, -0.15) is 0 Å². The van der Waals surface area contributed by atoms with Crippen LogP contribution in [0.15, 0.2) is 0 Å². The van der Waals surface area contributed by atoms with E-state index < -0.39 is 23.5 Å². The fraction of sp³-hybridized carbons (Fsp3) is 0.857. The van der Waals surface area contributed by atoms with Crippen LogP contribution in [0.2, 0.25) is 0 Å². The maximum absolute atomic E-state index is 11.8. The third kappa shape index (κ3) is 4.45. The quantitative estimate of drug-likeness (QED) is 0.799. The van der Waals surface area contributed by atoms with E-state index in [1.54, 1.807) is 11.8 Å². The second-order valence-electron chi connectivity index (χ2n) is 6.53. The Labute approximate surface area is 120 Å². The van der Waals surface area contributed by atoms with Gasteiger partial charge < -0.3 is 20.5 Å². The summed E-state index contributed by atoms with van der Waals surface area (Å²) in [6.07, 6.45) is 0.354. The van der Waals surface area contributed by atoms with Crippen molar-refractivity contribution in [3.05, 3.63) is 0 Å². The van der Waals surface area contributed by atoms with Crippen LogP contribution in [0.5, 0.6) is 0 Å². The molecule has 3 N–H and O–H groups in total. The lowest BCUT2D eigenvalue weighted by Gasteiger charge is -2.36. The van der Waals surface area contributed by atoms with Gasteiger partial charge in [0.15, 0.2) is 6.10 Å². The number of rotatable bonds is 4. The maximum atomic E-state index is 11.8. The smallest absolute Gasteiger partial charge is 0.333 e. The lowest BCUT2D eigenvalue weighted by molar-refractivity contribution is -0.167. The summed E-state index contributed by atoms with van der Waals surface area (Å²) in [5.74, 6) is -0.999. The Kier molecular flexibility index (Phi) is 5.53. The molecule has 1 fully saturated rings. The molecule has 1 aliphatic rings. The molecule has 1 saturated heterocycles. The molecule has 1 heterocycles. The number of carboxylic acid groups (broad SMARTS) is 1. The zero-order valence-electron chi connectivity index (χ0n) is 12.8. The van der Waals surface area contributed by atoms with Gasteiger partial charge in [0.05, 0.1) is 12.1 Å². The normalized spacial score (nSPS) is 20.6. The predicted molar refractivity (Wildman–Crippen MR) is 75.2 cm³/mol. The molecule has 116 valence electrons. The van der Waals surface area contributed by atoms with Crippen LogP contribution < -0.4 is 5.73 Å². The third-order valence-electron chi connectivity index (χ3n) is 3.48. The molecule has 1 rings (SSSR count). The van der Waals surface area contributed by atoms with E-state index in [-0.39, 0.29) is 12.0 Å². The van der Waals surface area contributed by atoms with Crippen molar-refractivity contribution in [2.75, 3.05) is 13.1 Å². The molecule has 0 spiro atoms. The van der Waals surface area contributed by atoms with Crippen molar-refractivity contribution in [2.45, 2.75) is 58.8 Å². The van der Waals surface area contributed by atoms with Gasteiger partial charge in [-0.3, -0.25) is 4.79 Å². The molecular weight excluding hydrogens is 260 g/mol. The van der Waals surface area contributed by atoms with Gasteiger partial charge in [0.25, 0.3) is 0 Å². The zero-order chi connectivity index (χ0) is 15.5. The third-order valence-corrected chi connectivity index (χ3v) is 3.48. The molecule has 0 saturated carbocycles. The molecule has 1 unspecified atom stereocenters. The number of amides is 1. The van der Waals surface area contributed by atoms with Crippen molar-refractivity contribution in [2.24, 2.45) is 11.1 Å². The van der Waals surface area contributed by atoms with E-state index in [4.69, 9.17) is 10.5 Å². The number of nitrogens with zero attached hydrogens (tertiary/aromatic N) is 1. The van der Waals surface area contributed by atoms with Gasteiger partial charge in [-0.25, -0.2) is 4.79 Å². The summed E-state index contributed by atoms with van der Waals surface area (Å²) in [5, 5.41) is 9.25. The van der Waals surface area contributed by atoms with Crippen LogP contribution in [-0.4, -0.2) is 53.2 Å². The standard InChI is InChI=1S/C14H26N2O4/c1-9(15)12(17)16-7-5-10(6-8-16)20-11(13(18)19)14(2,3)4/h9-11H,5-8,15H2,1-4H3,(H,18,19)/t9?,11-/m1/s1. The molecule has 6 heteroatoms. The van der Waals surface area contributed by atoms with Crippen LogP contribution >= 0.6 is 0 Å². The number of piperidine rings is 1. The molecule has 20 heavy (non-hydrogen) atoms. The maximum Gasteiger partial charge on any atom is 0.333 e. The summed E-state index contributed by atoms with van der Waals surface area (Å²) in [7, 11) is 0. The van der Waals surface area contributed by atoms with Gasteiger partial charge in [-0.15, -0.1) is 0 Å². The Hall–Kier alpha value is -1.14. The van der Waals surface area contributed by atoms with Crippen molar-refractivity contribution in [1.29, 1.82) is 0 Å². The average Bonchev–Trinajstić information content (AvgIpc) is 2.33. The van der Waals surface area contributed by atoms with Crippen LogP contribution in [0.25, 0.3) is 0 Å². The SMILES string of the molecule is CC(N)C(=O)N1CCC(O[C@H](C(=O)O)C(C)(C)C)CC1. The Morgan fingerprint density at radius 2 is 1.80 bits per heavy atom. The number of likely N-dealkylation sites (tertiary alicyclic amines) is 1. The first kappa shape index (κ1) is 16.9. The van der Waals surface area contributed by atoms with Crippen LogP contribution in [0.1, 0.15) is 40.5 Å². The number of nitrogens with two attached hydrogens (primary N) is 1. The molecule has 0 aromatic heterocycles. The summed E-state index contributed by atoms with van der Waals surface area (Å²) >= 11 is 0. The summed E-state index contributed by atoms with van der Waals surface area (Å²) in [6, 6.07) is -0.492. The number of carbonyl (C=O) groups is 2. The van der Waals surface area contributed by atoms with E-state index >= 15 is 0 Å². The van der Waals surface area contributed by atoms with Gasteiger partial charge in [0.1, 0.15) is 0 Å². The van der Waals surface area contributed by atoms with Gasteiger partial charge in [0, 0.05) is 13.1 Å². The highest BCUT2D eigenvalue weighted by atomic mass is 16.5. The molecule has 0 aromatic rings. The molecule has 0 aromatic carbocycles. The fourth-order valence-corrected chi connectivity index (χ4v) is 2.33. The Morgan fingerprint density at radius 1 is 1.30 bits per heavy atom. The molecule has 1 amide bonds. The first-order valence-corrected chi connectivity index (χ1v) is 7.05. The predicted octanol–water partition coefficient (Wildman–Crippen LogP) is 0.841. The second kappa shape index (κ2) is 6.54. The molecule has 6 nitrogen and oxygen atoms in total. The number of aliphatic carboxylic acids is 1. The van der Waals surface area contributed by atoms with Crippen molar-refractivity contribution in [3.8, 4) is 0 Å². The highest BCUT2D eigenvalue weighted by Crippen LogP contribution is 2.26. The first-order chi connectivity index (χ1) is 9.12. The molecule has 0 bridgehead atoms. The lowest BCUT2D eigenvalue weighted by atomic mass is 9.88. The summed E-state index contributed by atoms with van der Waals surface area (Å²) in [4.78, 5) is 24.8. The largest absolute Gasteiger partial charge is 0.479 e. The summed E-state index contributed by atoms with van der Waals surface area (Å²) < 4.78 is 5.74. The van der Waals surface area contributed by atoms with Gasteiger partial charge >= 0.3 is 5.97 Å². The van der Waals surface area contributed by atoms with Crippen molar-refractivity contribution < 1.29 is 19.4 Å². The number of hydrogen-bond donors (Lipinski definition) is 2. The lowest BCUT2D eigenvalue weighted by Crippen LogP contribution is -2.49. The van der Waals surface area contributed by atoms with Gasteiger partial charge in [0.2, 0.25) is 5.91 Å². The number of carboxylic acids is 1. The Morgan fingerprint density at radius 3 is 2.15 bits per heavy atom. The highest BCUT2D eigenvalue weighted by Gasteiger charge is 2.35. The minimum Gasteiger partial charge on any atom is -0.479 e. The van der Waals surface area contributed by atoms with Crippen LogP contribution in [0, 0.1) is 5.41 Å². The molecule has 2 atom stereocenters. The Bertz CT molecular complexity index is 355. The van der Waals surface area contributed by atoms with Crippen molar-refractivity contribution in [1.82, 2.24) is 4.90 Å². The van der Waals surface area contributed by atoms with Crippen LogP contribution in [0.3, 0.4) is 0 Å². The molecule has 0 aliphatic carbocycles. The summed E-state index contributed by atoms with van der Waals surface area (Å²) in [6.45, 7) is 8.36. The Balaban J connectivity index is 2.53. The number of carbonyl (C=O) groups excluding carboxylic acids is 1. The van der Waals surface area contributed by atoms with Crippen molar-refractivity contribution in [3.63, 3.8) is 0 Å². The van der Waals surface area contributed by atoms with Crippen LogP contribution in [0.4, 0.5) is 0 Å². The van der Waals surface area contributed by atoms with E-state index in [1.807, 2.05) is 20.8 Å². The van der Waals surface area contributed by atoms with E-state index in [2.05, 4.69) is 0 Å². The first-order valence-electron chi connectivity index (χ1n) is 7.05.